The Labute approximate surface area is 155 Å². The van der Waals surface area contributed by atoms with E-state index in [4.69, 9.17) is 4.74 Å². The monoisotopic (exact) mass is 356 g/mol. The molecule has 6 heteroatoms. The van der Waals surface area contributed by atoms with Crippen LogP contribution in [-0.2, 0) is 18.3 Å². The molecule has 2 aromatic rings. The lowest BCUT2D eigenvalue weighted by Crippen LogP contribution is -2.42. The lowest BCUT2D eigenvalue weighted by molar-refractivity contribution is 0.0502. The summed E-state index contributed by atoms with van der Waals surface area (Å²) < 4.78 is 7.26. The Morgan fingerprint density at radius 3 is 2.62 bits per heavy atom. The van der Waals surface area contributed by atoms with Crippen LogP contribution < -0.4 is 5.32 Å². The van der Waals surface area contributed by atoms with Crippen LogP contribution in [0.4, 0.5) is 4.79 Å². The zero-order valence-corrected chi connectivity index (χ0v) is 16.0. The first-order valence-electron chi connectivity index (χ1n) is 9.04. The summed E-state index contributed by atoms with van der Waals surface area (Å²) in [4.78, 5) is 14.7. The molecular weight excluding hydrogens is 328 g/mol. The molecule has 2 heterocycles. The van der Waals surface area contributed by atoms with Crippen molar-refractivity contribution in [3.8, 4) is 0 Å². The van der Waals surface area contributed by atoms with Crippen molar-refractivity contribution >= 4 is 6.09 Å². The summed E-state index contributed by atoms with van der Waals surface area (Å²) in [6.45, 7) is 8.16. The van der Waals surface area contributed by atoms with Crippen molar-refractivity contribution in [2.24, 2.45) is 7.05 Å². The highest BCUT2D eigenvalue weighted by atomic mass is 16.6. The molecule has 1 aromatic carbocycles. The number of alkyl carbamates (subject to hydrolysis) is 1. The largest absolute Gasteiger partial charge is 0.444 e. The highest BCUT2D eigenvalue weighted by molar-refractivity contribution is 5.68. The smallest absolute Gasteiger partial charge is 0.407 e. The maximum Gasteiger partial charge on any atom is 0.407 e. The quantitative estimate of drug-likeness (QED) is 0.915. The van der Waals surface area contributed by atoms with Crippen molar-refractivity contribution in [2.45, 2.75) is 44.9 Å². The first kappa shape index (κ1) is 18.5. The SMILES string of the molecule is Cn1cc([C@@H]2CN(Cc3ccccc3)C[C@@H]2NC(=O)OC(C)(C)C)cn1. The molecule has 0 radical (unpaired) electrons. The van der Waals surface area contributed by atoms with Gasteiger partial charge < -0.3 is 10.1 Å². The van der Waals surface area contributed by atoms with Crippen LogP contribution in [0.25, 0.3) is 0 Å². The molecule has 1 N–H and O–H groups in total. The molecule has 1 fully saturated rings. The molecule has 0 saturated carbocycles. The number of carbonyl (C=O) groups excluding carboxylic acids is 1. The molecule has 140 valence electrons. The summed E-state index contributed by atoms with van der Waals surface area (Å²) in [7, 11) is 1.91. The van der Waals surface area contributed by atoms with Crippen molar-refractivity contribution in [1.29, 1.82) is 0 Å². The van der Waals surface area contributed by atoms with Gasteiger partial charge in [-0.1, -0.05) is 30.3 Å². The van der Waals surface area contributed by atoms with Gasteiger partial charge >= 0.3 is 6.09 Å². The molecule has 1 aromatic heterocycles. The third-order valence-corrected chi connectivity index (χ3v) is 4.50. The second-order valence-electron chi connectivity index (χ2n) is 7.99. The standard InChI is InChI=1S/C20H28N4O2/c1-20(2,3)26-19(25)22-18-14-24(11-15-8-6-5-7-9-15)13-17(18)16-10-21-23(4)12-16/h5-10,12,17-18H,11,13-14H2,1-4H3,(H,22,25)/t17-,18-/m0/s1. The van der Waals surface area contributed by atoms with Crippen LogP contribution in [0.3, 0.4) is 0 Å². The number of aromatic nitrogens is 2. The number of ether oxygens (including phenoxy) is 1. The number of hydrogen-bond acceptors (Lipinski definition) is 4. The second-order valence-corrected chi connectivity index (χ2v) is 7.99. The Hall–Kier alpha value is -2.34. The van der Waals surface area contributed by atoms with E-state index in [0.29, 0.717) is 0 Å². The van der Waals surface area contributed by atoms with Crippen LogP contribution in [0.1, 0.15) is 37.8 Å². The summed E-state index contributed by atoms with van der Waals surface area (Å²) >= 11 is 0. The lowest BCUT2D eigenvalue weighted by atomic mass is 9.97. The number of benzene rings is 1. The Bertz CT molecular complexity index is 736. The summed E-state index contributed by atoms with van der Waals surface area (Å²) in [5, 5.41) is 7.37. The molecule has 2 atom stereocenters. The molecule has 3 rings (SSSR count). The van der Waals surface area contributed by atoms with Gasteiger partial charge in [0.25, 0.3) is 0 Å². The summed E-state index contributed by atoms with van der Waals surface area (Å²) in [6.07, 6.45) is 3.55. The van der Waals surface area contributed by atoms with E-state index in [0.717, 1.165) is 25.2 Å². The van der Waals surface area contributed by atoms with Gasteiger partial charge in [0.2, 0.25) is 0 Å². The van der Waals surface area contributed by atoms with E-state index in [1.807, 2.05) is 46.3 Å². The third-order valence-electron chi connectivity index (χ3n) is 4.50. The summed E-state index contributed by atoms with van der Waals surface area (Å²) in [5.41, 5.74) is 1.91. The van der Waals surface area contributed by atoms with Gasteiger partial charge in [0.15, 0.2) is 0 Å². The number of nitrogens with zero attached hydrogens (tertiary/aromatic N) is 3. The fraction of sp³-hybridized carbons (Fsp3) is 0.500. The van der Waals surface area contributed by atoms with Crippen molar-refractivity contribution in [2.75, 3.05) is 13.1 Å². The van der Waals surface area contributed by atoms with E-state index in [1.54, 1.807) is 4.68 Å². The first-order chi connectivity index (χ1) is 12.3. The molecule has 0 unspecified atom stereocenters. The average molecular weight is 356 g/mol. The molecule has 6 nitrogen and oxygen atoms in total. The van der Waals surface area contributed by atoms with Gasteiger partial charge in [-0.25, -0.2) is 4.79 Å². The van der Waals surface area contributed by atoms with E-state index in [9.17, 15) is 4.79 Å². The number of likely N-dealkylation sites (tertiary alicyclic amines) is 1. The van der Waals surface area contributed by atoms with Gasteiger partial charge in [0, 0.05) is 38.8 Å². The molecule has 0 bridgehead atoms. The van der Waals surface area contributed by atoms with E-state index in [-0.39, 0.29) is 18.1 Å². The summed E-state index contributed by atoms with van der Waals surface area (Å²) in [6, 6.07) is 10.4. The van der Waals surface area contributed by atoms with Crippen LogP contribution in [0.15, 0.2) is 42.7 Å². The van der Waals surface area contributed by atoms with Gasteiger partial charge in [-0.2, -0.15) is 5.10 Å². The number of nitrogens with one attached hydrogen (secondary N) is 1. The van der Waals surface area contributed by atoms with Crippen LogP contribution in [-0.4, -0.2) is 45.5 Å². The molecule has 0 aliphatic carbocycles. The van der Waals surface area contributed by atoms with E-state index in [1.165, 1.54) is 5.56 Å². The van der Waals surface area contributed by atoms with E-state index in [2.05, 4.69) is 39.6 Å². The minimum Gasteiger partial charge on any atom is -0.444 e. The van der Waals surface area contributed by atoms with Crippen molar-refractivity contribution in [3.63, 3.8) is 0 Å². The predicted molar refractivity (Wildman–Crippen MR) is 101 cm³/mol. The second kappa shape index (κ2) is 7.50. The fourth-order valence-electron chi connectivity index (χ4n) is 3.43. The minimum absolute atomic E-state index is 0.00207. The molecule has 26 heavy (non-hydrogen) atoms. The highest BCUT2D eigenvalue weighted by Crippen LogP contribution is 2.28. The van der Waals surface area contributed by atoms with Crippen molar-refractivity contribution in [3.05, 3.63) is 53.9 Å². The topological polar surface area (TPSA) is 59.4 Å². The predicted octanol–water partition coefficient (Wildman–Crippen LogP) is 2.91. The van der Waals surface area contributed by atoms with Crippen LogP contribution in [0.2, 0.25) is 0 Å². The molecule has 1 amide bonds. The van der Waals surface area contributed by atoms with Gasteiger partial charge in [0.1, 0.15) is 5.60 Å². The van der Waals surface area contributed by atoms with Gasteiger partial charge in [-0.3, -0.25) is 9.58 Å². The van der Waals surface area contributed by atoms with E-state index < -0.39 is 5.60 Å². The van der Waals surface area contributed by atoms with E-state index >= 15 is 0 Å². The van der Waals surface area contributed by atoms with Crippen LogP contribution in [0, 0.1) is 0 Å². The third kappa shape index (κ3) is 4.85. The Balaban J connectivity index is 1.72. The van der Waals surface area contributed by atoms with Gasteiger partial charge in [-0.05, 0) is 31.9 Å². The van der Waals surface area contributed by atoms with Crippen LogP contribution >= 0.6 is 0 Å². The first-order valence-corrected chi connectivity index (χ1v) is 9.04. The molecular formula is C20H28N4O2. The van der Waals surface area contributed by atoms with Gasteiger partial charge in [0.05, 0.1) is 12.2 Å². The average Bonchev–Trinajstić information content (AvgIpc) is 3.12. The lowest BCUT2D eigenvalue weighted by Gasteiger charge is -2.24. The molecule has 0 spiro atoms. The number of rotatable bonds is 4. The Morgan fingerprint density at radius 2 is 2.00 bits per heavy atom. The molecule has 1 aliphatic heterocycles. The zero-order chi connectivity index (χ0) is 18.7. The zero-order valence-electron chi connectivity index (χ0n) is 16.0. The number of carbonyl (C=O) groups is 1. The number of hydrogen-bond donors (Lipinski definition) is 1. The Kier molecular flexibility index (Phi) is 5.32. The van der Waals surface area contributed by atoms with Crippen molar-refractivity contribution in [1.82, 2.24) is 20.0 Å². The number of aryl methyl sites for hydroxylation is 1. The fourth-order valence-corrected chi connectivity index (χ4v) is 3.43. The maximum atomic E-state index is 12.3. The molecule has 1 saturated heterocycles. The maximum absolute atomic E-state index is 12.3. The normalized spacial score (nSPS) is 20.9. The highest BCUT2D eigenvalue weighted by Gasteiger charge is 2.36. The minimum atomic E-state index is -0.504. The van der Waals surface area contributed by atoms with Gasteiger partial charge in [-0.15, -0.1) is 0 Å². The Morgan fingerprint density at radius 1 is 1.27 bits per heavy atom. The van der Waals surface area contributed by atoms with Crippen molar-refractivity contribution < 1.29 is 9.53 Å². The molecule has 1 aliphatic rings. The van der Waals surface area contributed by atoms with Crippen LogP contribution in [0.5, 0.6) is 0 Å². The summed E-state index contributed by atoms with van der Waals surface area (Å²) in [5.74, 6) is 0.194. The number of amides is 1.